The first-order valence-corrected chi connectivity index (χ1v) is 8.00. The molecule has 4 nitrogen and oxygen atoms in total. The van der Waals surface area contributed by atoms with Crippen LogP contribution in [0, 0.1) is 5.82 Å². The van der Waals surface area contributed by atoms with Crippen molar-refractivity contribution in [1.82, 2.24) is 0 Å². The van der Waals surface area contributed by atoms with Crippen LogP contribution in [-0.4, -0.2) is 19.0 Å². The minimum Gasteiger partial charge on any atom is -0.496 e. The van der Waals surface area contributed by atoms with Crippen LogP contribution in [0.25, 0.3) is 16.8 Å². The molecule has 128 valence electrons. The third kappa shape index (κ3) is 2.84. The molecule has 1 heterocycles. The van der Waals surface area contributed by atoms with Crippen LogP contribution in [-0.2, 0) is 9.53 Å². The van der Waals surface area contributed by atoms with E-state index in [1.165, 1.54) is 24.3 Å². The summed E-state index contributed by atoms with van der Waals surface area (Å²) in [5, 5.41) is 1.96. The lowest BCUT2D eigenvalue weighted by Crippen LogP contribution is -2.05. The minimum atomic E-state index is -0.556. The topological polar surface area (TPSA) is 47.9 Å². The summed E-state index contributed by atoms with van der Waals surface area (Å²) in [6, 6.07) is 17.2. The number of methoxy groups -OCH3 is 1. The Morgan fingerprint density at radius 2 is 1.81 bits per heavy atom. The Balaban J connectivity index is 1.82. The Labute approximate surface area is 149 Å². The number of carbonyl (C=O) groups is 1. The number of rotatable bonds is 3. The number of esters is 1. The number of hydrogen-bond donors (Lipinski definition) is 0. The normalized spacial score (nSPS) is 15.2. The van der Waals surface area contributed by atoms with E-state index < -0.39 is 5.97 Å². The highest BCUT2D eigenvalue weighted by Crippen LogP contribution is 2.31. The molecule has 0 bridgehead atoms. The third-order valence-electron chi connectivity index (χ3n) is 4.14. The highest BCUT2D eigenvalue weighted by atomic mass is 19.1. The standard InChI is InChI=1S/C21H14FNO3/c1-25-19-11-8-13-4-2-3-5-16(13)17(19)12-18-21(24)26-20(23-18)14-6-9-15(22)10-7-14/h2-12H,1H3. The Bertz CT molecular complexity index is 1070. The molecule has 0 fully saturated rings. The van der Waals surface area contributed by atoms with Gasteiger partial charge in [0.15, 0.2) is 5.70 Å². The van der Waals surface area contributed by atoms with Gasteiger partial charge in [0.25, 0.3) is 0 Å². The number of hydrogen-bond acceptors (Lipinski definition) is 4. The van der Waals surface area contributed by atoms with E-state index in [0.29, 0.717) is 11.3 Å². The summed E-state index contributed by atoms with van der Waals surface area (Å²) in [5.74, 6) is -0.135. The molecule has 1 aliphatic rings. The molecule has 3 aromatic carbocycles. The van der Waals surface area contributed by atoms with Crippen LogP contribution in [0.15, 0.2) is 71.4 Å². The van der Waals surface area contributed by atoms with Crippen molar-refractivity contribution in [3.8, 4) is 5.75 Å². The van der Waals surface area contributed by atoms with Gasteiger partial charge in [-0.05, 0) is 47.2 Å². The van der Waals surface area contributed by atoms with Crippen LogP contribution in [0.2, 0.25) is 0 Å². The fourth-order valence-electron chi connectivity index (χ4n) is 2.86. The summed E-state index contributed by atoms with van der Waals surface area (Å²) in [7, 11) is 1.58. The second kappa shape index (κ2) is 6.44. The highest BCUT2D eigenvalue weighted by molar-refractivity contribution is 6.13. The zero-order chi connectivity index (χ0) is 18.1. The minimum absolute atomic E-state index is 0.153. The molecule has 1 aliphatic heterocycles. The number of halogens is 1. The number of fused-ring (bicyclic) bond motifs is 1. The predicted octanol–water partition coefficient (Wildman–Crippen LogP) is 4.33. The summed E-state index contributed by atoms with van der Waals surface area (Å²) in [5.41, 5.74) is 1.45. The van der Waals surface area contributed by atoms with Crippen molar-refractivity contribution in [3.05, 3.63) is 83.3 Å². The molecule has 0 aromatic heterocycles. The van der Waals surface area contributed by atoms with Gasteiger partial charge in [0.2, 0.25) is 5.90 Å². The number of ether oxygens (including phenoxy) is 2. The SMILES string of the molecule is COc1ccc2ccccc2c1C=C1N=C(c2ccc(F)cc2)OC1=O. The fraction of sp³-hybridized carbons (Fsp3) is 0.0476. The highest BCUT2D eigenvalue weighted by Gasteiger charge is 2.25. The average Bonchev–Trinajstić information content (AvgIpc) is 3.03. The van der Waals surface area contributed by atoms with E-state index in [0.717, 1.165) is 16.3 Å². The van der Waals surface area contributed by atoms with Gasteiger partial charge < -0.3 is 9.47 Å². The van der Waals surface area contributed by atoms with Crippen molar-refractivity contribution in [2.24, 2.45) is 4.99 Å². The molecule has 26 heavy (non-hydrogen) atoms. The van der Waals surface area contributed by atoms with Gasteiger partial charge in [-0.15, -0.1) is 0 Å². The average molecular weight is 347 g/mol. The number of aliphatic imine (C=N–C) groups is 1. The molecule has 0 atom stereocenters. The second-order valence-electron chi connectivity index (χ2n) is 5.75. The first-order valence-electron chi connectivity index (χ1n) is 8.00. The molecular weight excluding hydrogens is 333 g/mol. The van der Waals surface area contributed by atoms with Gasteiger partial charge in [0.05, 0.1) is 7.11 Å². The van der Waals surface area contributed by atoms with Crippen LogP contribution in [0.4, 0.5) is 4.39 Å². The lowest BCUT2D eigenvalue weighted by molar-refractivity contribution is -0.129. The van der Waals surface area contributed by atoms with Gasteiger partial charge in [0, 0.05) is 11.1 Å². The lowest BCUT2D eigenvalue weighted by atomic mass is 10.0. The van der Waals surface area contributed by atoms with Crippen molar-refractivity contribution in [3.63, 3.8) is 0 Å². The van der Waals surface area contributed by atoms with Crippen molar-refractivity contribution in [1.29, 1.82) is 0 Å². The fourth-order valence-corrected chi connectivity index (χ4v) is 2.86. The van der Waals surface area contributed by atoms with Gasteiger partial charge in [-0.2, -0.15) is 0 Å². The largest absolute Gasteiger partial charge is 0.496 e. The summed E-state index contributed by atoms with van der Waals surface area (Å²) < 4.78 is 23.7. The van der Waals surface area contributed by atoms with E-state index in [1.54, 1.807) is 13.2 Å². The molecule has 0 unspecified atom stereocenters. The number of nitrogens with zero attached hydrogens (tertiary/aromatic N) is 1. The molecule has 5 heteroatoms. The molecule has 0 amide bonds. The third-order valence-corrected chi connectivity index (χ3v) is 4.14. The van der Waals surface area contributed by atoms with Crippen LogP contribution in [0.5, 0.6) is 5.75 Å². The van der Waals surface area contributed by atoms with Gasteiger partial charge in [0.1, 0.15) is 11.6 Å². The molecule has 0 saturated carbocycles. The van der Waals surface area contributed by atoms with E-state index in [-0.39, 0.29) is 17.4 Å². The van der Waals surface area contributed by atoms with E-state index in [4.69, 9.17) is 9.47 Å². The Morgan fingerprint density at radius 1 is 1.04 bits per heavy atom. The van der Waals surface area contributed by atoms with Crippen LogP contribution in [0.3, 0.4) is 0 Å². The maximum Gasteiger partial charge on any atom is 0.363 e. The van der Waals surface area contributed by atoms with E-state index >= 15 is 0 Å². The molecule has 3 aromatic rings. The molecule has 0 N–H and O–H groups in total. The Hall–Kier alpha value is -3.47. The zero-order valence-electron chi connectivity index (χ0n) is 13.9. The van der Waals surface area contributed by atoms with E-state index in [9.17, 15) is 9.18 Å². The molecular formula is C21H14FNO3. The lowest BCUT2D eigenvalue weighted by Gasteiger charge is -2.08. The summed E-state index contributed by atoms with van der Waals surface area (Å²) >= 11 is 0. The maximum absolute atomic E-state index is 13.1. The van der Waals surface area contributed by atoms with E-state index in [1.807, 2.05) is 36.4 Å². The first-order chi connectivity index (χ1) is 12.7. The number of benzene rings is 3. The molecule has 0 radical (unpaired) electrons. The maximum atomic E-state index is 13.1. The van der Waals surface area contributed by atoms with Gasteiger partial charge >= 0.3 is 5.97 Å². The molecule has 0 saturated heterocycles. The van der Waals surface area contributed by atoms with Crippen molar-refractivity contribution >= 4 is 28.7 Å². The van der Waals surface area contributed by atoms with Gasteiger partial charge in [-0.1, -0.05) is 30.3 Å². The van der Waals surface area contributed by atoms with Crippen LogP contribution in [0.1, 0.15) is 11.1 Å². The van der Waals surface area contributed by atoms with Crippen LogP contribution >= 0.6 is 0 Å². The first kappa shape index (κ1) is 16.0. The predicted molar refractivity (Wildman–Crippen MR) is 97.5 cm³/mol. The van der Waals surface area contributed by atoms with E-state index in [2.05, 4.69) is 4.99 Å². The molecule has 4 rings (SSSR count). The van der Waals surface area contributed by atoms with Crippen molar-refractivity contribution < 1.29 is 18.7 Å². The van der Waals surface area contributed by atoms with Gasteiger partial charge in [-0.25, -0.2) is 14.2 Å². The second-order valence-corrected chi connectivity index (χ2v) is 5.75. The van der Waals surface area contributed by atoms with Crippen LogP contribution < -0.4 is 4.74 Å². The number of carbonyl (C=O) groups excluding carboxylic acids is 1. The smallest absolute Gasteiger partial charge is 0.363 e. The summed E-state index contributed by atoms with van der Waals surface area (Å²) in [6.45, 7) is 0. The van der Waals surface area contributed by atoms with Crippen molar-refractivity contribution in [2.75, 3.05) is 7.11 Å². The quantitative estimate of drug-likeness (QED) is 0.523. The summed E-state index contributed by atoms with van der Waals surface area (Å²) in [6.07, 6.45) is 1.65. The zero-order valence-corrected chi connectivity index (χ0v) is 13.9. The summed E-state index contributed by atoms with van der Waals surface area (Å²) in [4.78, 5) is 16.5. The Kier molecular flexibility index (Phi) is 3.97. The van der Waals surface area contributed by atoms with Crippen molar-refractivity contribution in [2.45, 2.75) is 0 Å². The Morgan fingerprint density at radius 3 is 2.58 bits per heavy atom. The van der Waals surface area contributed by atoms with Gasteiger partial charge in [-0.3, -0.25) is 0 Å². The monoisotopic (exact) mass is 347 g/mol. The molecule has 0 spiro atoms. The number of cyclic esters (lactones) is 1. The molecule has 0 aliphatic carbocycles.